The smallest absolute Gasteiger partial charge is 0.214 e. The molecule has 2 aromatic heterocycles. The first-order chi connectivity index (χ1) is 7.16. The summed E-state index contributed by atoms with van der Waals surface area (Å²) in [6, 6.07) is 3.18. The van der Waals surface area contributed by atoms with E-state index in [1.54, 1.807) is 6.07 Å². The molecule has 0 spiro atoms. The van der Waals surface area contributed by atoms with Crippen molar-refractivity contribution < 1.29 is 4.39 Å². The van der Waals surface area contributed by atoms with Crippen molar-refractivity contribution in [1.82, 2.24) is 14.9 Å². The molecule has 15 heavy (non-hydrogen) atoms. The van der Waals surface area contributed by atoms with Crippen LogP contribution in [0.3, 0.4) is 0 Å². The molecule has 0 bridgehead atoms. The second-order valence-corrected chi connectivity index (χ2v) is 3.90. The van der Waals surface area contributed by atoms with E-state index in [0.29, 0.717) is 5.65 Å². The van der Waals surface area contributed by atoms with Gasteiger partial charge in [0.1, 0.15) is 5.65 Å². The standard InChI is InChI=1S/C11H14FN3/c1-15(2)6-5-8-7-13-11-9(8)3-4-10(12)14-11/h3-4,7H,5-6H2,1-2H3,(H,13,14). The zero-order valence-electron chi connectivity index (χ0n) is 8.92. The molecule has 80 valence electrons. The van der Waals surface area contributed by atoms with E-state index in [4.69, 9.17) is 0 Å². The SMILES string of the molecule is CN(C)CCc1c[nH]c2nc(F)ccc12. The van der Waals surface area contributed by atoms with Crippen molar-refractivity contribution in [1.29, 1.82) is 0 Å². The number of hydrogen-bond acceptors (Lipinski definition) is 2. The largest absolute Gasteiger partial charge is 0.346 e. The lowest BCUT2D eigenvalue weighted by molar-refractivity contribution is 0.414. The van der Waals surface area contributed by atoms with Gasteiger partial charge < -0.3 is 9.88 Å². The molecule has 2 rings (SSSR count). The van der Waals surface area contributed by atoms with E-state index in [1.165, 1.54) is 11.6 Å². The molecule has 3 nitrogen and oxygen atoms in total. The third-order valence-electron chi connectivity index (χ3n) is 2.42. The molecule has 0 aliphatic rings. The normalized spacial score (nSPS) is 11.5. The lowest BCUT2D eigenvalue weighted by Gasteiger charge is -2.07. The number of nitrogens with zero attached hydrogens (tertiary/aromatic N) is 2. The van der Waals surface area contributed by atoms with Crippen molar-refractivity contribution in [3.8, 4) is 0 Å². The fourth-order valence-electron chi connectivity index (χ4n) is 1.59. The molecule has 0 saturated heterocycles. The van der Waals surface area contributed by atoms with Crippen molar-refractivity contribution in [2.45, 2.75) is 6.42 Å². The number of likely N-dealkylation sites (N-methyl/N-ethyl adjacent to an activating group) is 1. The lowest BCUT2D eigenvalue weighted by Crippen LogP contribution is -2.14. The minimum Gasteiger partial charge on any atom is -0.346 e. The van der Waals surface area contributed by atoms with E-state index in [2.05, 4.69) is 14.9 Å². The summed E-state index contributed by atoms with van der Waals surface area (Å²) in [5.74, 6) is -0.441. The lowest BCUT2D eigenvalue weighted by atomic mass is 10.1. The first-order valence-electron chi connectivity index (χ1n) is 4.94. The van der Waals surface area contributed by atoms with Crippen LogP contribution < -0.4 is 0 Å². The maximum absolute atomic E-state index is 12.8. The maximum atomic E-state index is 12.8. The van der Waals surface area contributed by atoms with Crippen LogP contribution in [-0.4, -0.2) is 35.5 Å². The number of hydrogen-bond donors (Lipinski definition) is 1. The number of nitrogens with one attached hydrogen (secondary N) is 1. The van der Waals surface area contributed by atoms with Gasteiger partial charge in [0.2, 0.25) is 5.95 Å². The molecule has 4 heteroatoms. The van der Waals surface area contributed by atoms with Crippen molar-refractivity contribution >= 4 is 11.0 Å². The number of aromatic amines is 1. The number of H-pyrrole nitrogens is 1. The average molecular weight is 207 g/mol. The number of rotatable bonds is 3. The van der Waals surface area contributed by atoms with Crippen molar-refractivity contribution in [2.24, 2.45) is 0 Å². The summed E-state index contributed by atoms with van der Waals surface area (Å²) in [6.45, 7) is 0.977. The summed E-state index contributed by atoms with van der Waals surface area (Å²) >= 11 is 0. The van der Waals surface area contributed by atoms with Gasteiger partial charge in [-0.2, -0.15) is 4.39 Å². The number of pyridine rings is 1. The third-order valence-corrected chi connectivity index (χ3v) is 2.42. The quantitative estimate of drug-likeness (QED) is 0.778. The number of halogens is 1. The minimum atomic E-state index is -0.441. The Morgan fingerprint density at radius 3 is 2.93 bits per heavy atom. The van der Waals surface area contributed by atoms with E-state index in [-0.39, 0.29) is 0 Å². The molecule has 1 N–H and O–H groups in total. The van der Waals surface area contributed by atoms with E-state index in [9.17, 15) is 4.39 Å². The monoisotopic (exact) mass is 207 g/mol. The molecule has 0 radical (unpaired) electrons. The van der Waals surface area contributed by atoms with Crippen molar-refractivity contribution in [3.63, 3.8) is 0 Å². The van der Waals surface area contributed by atoms with Crippen LogP contribution in [0.5, 0.6) is 0 Å². The summed E-state index contributed by atoms with van der Waals surface area (Å²) < 4.78 is 12.8. The van der Waals surface area contributed by atoms with E-state index >= 15 is 0 Å². The topological polar surface area (TPSA) is 31.9 Å². The van der Waals surface area contributed by atoms with Gasteiger partial charge in [-0.05, 0) is 38.2 Å². The molecular formula is C11H14FN3. The summed E-state index contributed by atoms with van der Waals surface area (Å²) in [6.07, 6.45) is 2.85. The van der Waals surface area contributed by atoms with E-state index < -0.39 is 5.95 Å². The Labute approximate surface area is 87.9 Å². The van der Waals surface area contributed by atoms with Crippen LogP contribution in [0.15, 0.2) is 18.3 Å². The number of fused-ring (bicyclic) bond motifs is 1. The summed E-state index contributed by atoms with van der Waals surface area (Å²) in [4.78, 5) is 8.89. The highest BCUT2D eigenvalue weighted by Crippen LogP contribution is 2.17. The van der Waals surface area contributed by atoms with Crippen LogP contribution in [0.2, 0.25) is 0 Å². The molecule has 0 unspecified atom stereocenters. The zero-order chi connectivity index (χ0) is 10.8. The van der Waals surface area contributed by atoms with Gasteiger partial charge in [-0.1, -0.05) is 0 Å². The van der Waals surface area contributed by atoms with Gasteiger partial charge in [0, 0.05) is 18.1 Å². The van der Waals surface area contributed by atoms with Gasteiger partial charge in [0.05, 0.1) is 0 Å². The molecule has 0 aromatic carbocycles. The van der Waals surface area contributed by atoms with Crippen LogP contribution in [0.25, 0.3) is 11.0 Å². The van der Waals surface area contributed by atoms with Gasteiger partial charge in [-0.25, -0.2) is 4.98 Å². The zero-order valence-corrected chi connectivity index (χ0v) is 8.92. The van der Waals surface area contributed by atoms with Crippen LogP contribution in [0.1, 0.15) is 5.56 Å². The number of aromatic nitrogens is 2. The summed E-state index contributed by atoms with van der Waals surface area (Å²) in [7, 11) is 4.07. The first-order valence-corrected chi connectivity index (χ1v) is 4.94. The molecule has 2 aromatic rings. The van der Waals surface area contributed by atoms with Gasteiger partial charge in [-0.3, -0.25) is 0 Å². The Morgan fingerprint density at radius 1 is 1.40 bits per heavy atom. The highest BCUT2D eigenvalue weighted by molar-refractivity contribution is 5.79. The molecule has 0 fully saturated rings. The first kappa shape index (κ1) is 10.1. The second kappa shape index (κ2) is 3.98. The second-order valence-electron chi connectivity index (χ2n) is 3.90. The highest BCUT2D eigenvalue weighted by atomic mass is 19.1. The van der Waals surface area contributed by atoms with Gasteiger partial charge in [0.15, 0.2) is 0 Å². The Hall–Kier alpha value is -1.42. The maximum Gasteiger partial charge on any atom is 0.214 e. The van der Waals surface area contributed by atoms with Crippen LogP contribution in [-0.2, 0) is 6.42 Å². The van der Waals surface area contributed by atoms with Gasteiger partial charge in [-0.15, -0.1) is 0 Å². The molecule has 0 atom stereocenters. The molecule has 2 heterocycles. The van der Waals surface area contributed by atoms with E-state index in [1.807, 2.05) is 20.3 Å². The van der Waals surface area contributed by atoms with Crippen LogP contribution >= 0.6 is 0 Å². The molecule has 0 amide bonds. The fraction of sp³-hybridized carbons (Fsp3) is 0.364. The molecule has 0 saturated carbocycles. The molecule has 0 aliphatic carbocycles. The Balaban J connectivity index is 2.29. The minimum absolute atomic E-state index is 0.441. The van der Waals surface area contributed by atoms with Crippen LogP contribution in [0.4, 0.5) is 4.39 Å². The predicted molar refractivity (Wildman–Crippen MR) is 58.3 cm³/mol. The molecular weight excluding hydrogens is 193 g/mol. The predicted octanol–water partition coefficient (Wildman–Crippen LogP) is 1.81. The van der Waals surface area contributed by atoms with Crippen LogP contribution in [0, 0.1) is 5.95 Å². The van der Waals surface area contributed by atoms with E-state index in [0.717, 1.165) is 18.4 Å². The Bertz CT molecular complexity index is 462. The average Bonchev–Trinajstić information content (AvgIpc) is 2.57. The third kappa shape index (κ3) is 2.15. The van der Waals surface area contributed by atoms with Crippen molar-refractivity contribution in [3.05, 3.63) is 29.8 Å². The van der Waals surface area contributed by atoms with Crippen molar-refractivity contribution in [2.75, 3.05) is 20.6 Å². The molecule has 0 aliphatic heterocycles. The summed E-state index contributed by atoms with van der Waals surface area (Å²) in [5.41, 5.74) is 1.81. The Kier molecular flexibility index (Phi) is 2.68. The van der Waals surface area contributed by atoms with Gasteiger partial charge >= 0.3 is 0 Å². The summed E-state index contributed by atoms with van der Waals surface area (Å²) in [5, 5.41) is 1.01. The highest BCUT2D eigenvalue weighted by Gasteiger charge is 2.05. The van der Waals surface area contributed by atoms with Gasteiger partial charge in [0.25, 0.3) is 0 Å². The fourth-order valence-corrected chi connectivity index (χ4v) is 1.59. The Morgan fingerprint density at radius 2 is 2.20 bits per heavy atom.